The Bertz CT molecular complexity index is 499. The highest BCUT2D eigenvalue weighted by Gasteiger charge is 2.39. The summed E-state index contributed by atoms with van der Waals surface area (Å²) in [6.45, 7) is 5.95. The van der Waals surface area contributed by atoms with Gasteiger partial charge in [-0.1, -0.05) is 19.1 Å². The summed E-state index contributed by atoms with van der Waals surface area (Å²) in [6, 6.07) is 8.59. The van der Waals surface area contributed by atoms with Crippen molar-refractivity contribution < 1.29 is 4.79 Å². The highest BCUT2D eigenvalue weighted by Crippen LogP contribution is 2.31. The van der Waals surface area contributed by atoms with Gasteiger partial charge in [-0.05, 0) is 43.5 Å². The van der Waals surface area contributed by atoms with Crippen LogP contribution < -0.4 is 5.73 Å². The van der Waals surface area contributed by atoms with Crippen molar-refractivity contribution >= 4 is 5.91 Å². The molecule has 4 heteroatoms. The summed E-state index contributed by atoms with van der Waals surface area (Å²) in [5.41, 5.74) is 7.50. The van der Waals surface area contributed by atoms with E-state index in [1.807, 2.05) is 24.3 Å². The lowest BCUT2D eigenvalue weighted by Crippen LogP contribution is -2.43. The summed E-state index contributed by atoms with van der Waals surface area (Å²) in [6.07, 6.45) is 3.42. The fraction of sp³-hybridized carbons (Fsp3) is 0.588. The Hall–Kier alpha value is -1.39. The minimum Gasteiger partial charge on any atom is -0.331 e. The van der Waals surface area contributed by atoms with Crippen molar-refractivity contribution in [1.82, 2.24) is 9.80 Å². The van der Waals surface area contributed by atoms with Crippen LogP contribution in [0.5, 0.6) is 0 Å². The van der Waals surface area contributed by atoms with Crippen LogP contribution in [-0.2, 0) is 6.54 Å². The van der Waals surface area contributed by atoms with Gasteiger partial charge in [0.15, 0.2) is 0 Å². The second kappa shape index (κ2) is 6.16. The quantitative estimate of drug-likeness (QED) is 0.923. The zero-order valence-electron chi connectivity index (χ0n) is 12.8. The maximum absolute atomic E-state index is 12.9. The van der Waals surface area contributed by atoms with E-state index in [-0.39, 0.29) is 5.91 Å². The average Bonchev–Trinajstić information content (AvgIpc) is 2.81. The molecule has 0 spiro atoms. The molecule has 3 rings (SSSR count). The molecule has 1 aromatic rings. The topological polar surface area (TPSA) is 49.6 Å². The molecule has 2 bridgehead atoms. The molecule has 2 fully saturated rings. The van der Waals surface area contributed by atoms with Crippen LogP contribution in [0.15, 0.2) is 24.3 Å². The largest absolute Gasteiger partial charge is 0.331 e. The smallest absolute Gasteiger partial charge is 0.254 e. The molecule has 0 aromatic heterocycles. The van der Waals surface area contributed by atoms with Crippen LogP contribution >= 0.6 is 0 Å². The van der Waals surface area contributed by atoms with E-state index in [0.717, 1.165) is 50.0 Å². The molecule has 1 amide bonds. The van der Waals surface area contributed by atoms with Gasteiger partial charge in [-0.25, -0.2) is 0 Å². The molecule has 4 nitrogen and oxygen atoms in total. The highest BCUT2D eigenvalue weighted by atomic mass is 16.2. The number of hydrogen-bond donors (Lipinski definition) is 1. The Morgan fingerprint density at radius 2 is 1.90 bits per heavy atom. The molecule has 2 N–H and O–H groups in total. The number of likely N-dealkylation sites (tertiary alicyclic amines) is 1. The van der Waals surface area contributed by atoms with Crippen molar-refractivity contribution in [2.45, 2.75) is 44.8 Å². The molecule has 2 aliphatic rings. The molecule has 1 aromatic carbocycles. The van der Waals surface area contributed by atoms with Gasteiger partial charge in [0, 0.05) is 37.3 Å². The maximum Gasteiger partial charge on any atom is 0.254 e. The molecule has 2 heterocycles. The van der Waals surface area contributed by atoms with Crippen LogP contribution in [0.1, 0.15) is 42.1 Å². The Morgan fingerprint density at radius 1 is 1.19 bits per heavy atom. The number of fused-ring (bicyclic) bond motifs is 2. The molecule has 0 saturated carbocycles. The Kier molecular flexibility index (Phi) is 4.27. The summed E-state index contributed by atoms with van der Waals surface area (Å²) in [5, 5.41) is 0. The summed E-state index contributed by atoms with van der Waals surface area (Å²) in [7, 11) is 0. The minimum atomic E-state index is 0.198. The third kappa shape index (κ3) is 2.83. The van der Waals surface area contributed by atoms with Crippen LogP contribution in [-0.4, -0.2) is 47.4 Å². The summed E-state index contributed by atoms with van der Waals surface area (Å²) in [5.74, 6) is 0.198. The third-order valence-corrected chi connectivity index (χ3v) is 4.99. The number of nitrogens with two attached hydrogens (primary N) is 1. The molecular weight excluding hydrogens is 262 g/mol. The first-order valence-corrected chi connectivity index (χ1v) is 8.07. The summed E-state index contributed by atoms with van der Waals surface area (Å²) >= 11 is 0. The van der Waals surface area contributed by atoms with E-state index in [0.29, 0.717) is 18.6 Å². The monoisotopic (exact) mass is 287 g/mol. The van der Waals surface area contributed by atoms with E-state index in [1.165, 1.54) is 0 Å². The van der Waals surface area contributed by atoms with Crippen molar-refractivity contribution in [3.63, 3.8) is 0 Å². The lowest BCUT2D eigenvalue weighted by atomic mass is 10.1. The van der Waals surface area contributed by atoms with Gasteiger partial charge < -0.3 is 15.5 Å². The molecule has 0 aliphatic carbocycles. The van der Waals surface area contributed by atoms with E-state index < -0.39 is 0 Å². The van der Waals surface area contributed by atoms with E-state index in [9.17, 15) is 4.79 Å². The molecule has 21 heavy (non-hydrogen) atoms. The normalized spacial score (nSPS) is 25.9. The van der Waals surface area contributed by atoms with Crippen molar-refractivity contribution in [3.8, 4) is 0 Å². The van der Waals surface area contributed by atoms with Gasteiger partial charge >= 0.3 is 0 Å². The van der Waals surface area contributed by atoms with E-state index >= 15 is 0 Å². The predicted molar refractivity (Wildman–Crippen MR) is 84.0 cm³/mol. The van der Waals surface area contributed by atoms with Gasteiger partial charge in [0.05, 0.1) is 0 Å². The maximum atomic E-state index is 12.9. The molecule has 114 valence electrons. The number of benzene rings is 1. The zero-order valence-corrected chi connectivity index (χ0v) is 12.8. The average molecular weight is 287 g/mol. The van der Waals surface area contributed by atoms with Crippen LogP contribution in [0.2, 0.25) is 0 Å². The Balaban J connectivity index is 1.79. The van der Waals surface area contributed by atoms with Crippen molar-refractivity contribution in [1.29, 1.82) is 0 Å². The lowest BCUT2D eigenvalue weighted by molar-refractivity contribution is 0.0671. The van der Waals surface area contributed by atoms with Crippen LogP contribution in [0.4, 0.5) is 0 Å². The molecule has 2 unspecified atom stereocenters. The van der Waals surface area contributed by atoms with Gasteiger partial charge in [0.25, 0.3) is 5.91 Å². The number of carbonyl (C=O) groups excluding carboxylic acids is 1. The molecule has 2 aliphatic heterocycles. The van der Waals surface area contributed by atoms with Crippen LogP contribution in [0.25, 0.3) is 0 Å². The fourth-order valence-corrected chi connectivity index (χ4v) is 3.70. The van der Waals surface area contributed by atoms with E-state index in [4.69, 9.17) is 5.73 Å². The van der Waals surface area contributed by atoms with Crippen molar-refractivity contribution in [2.24, 2.45) is 5.73 Å². The number of hydrogen-bond acceptors (Lipinski definition) is 3. The first-order chi connectivity index (χ1) is 10.2. The van der Waals surface area contributed by atoms with Gasteiger partial charge in [-0.3, -0.25) is 4.79 Å². The first-order valence-electron chi connectivity index (χ1n) is 8.07. The lowest BCUT2D eigenvalue weighted by Gasteiger charge is -2.29. The number of amides is 1. The second-order valence-corrected chi connectivity index (χ2v) is 6.18. The highest BCUT2D eigenvalue weighted by molar-refractivity contribution is 5.95. The Labute approximate surface area is 126 Å². The molecular formula is C17H25N3O. The second-order valence-electron chi connectivity index (χ2n) is 6.18. The SMILES string of the molecule is CCN1CCC2CCC(C1)N2C(=O)c1ccc(CN)cc1. The number of rotatable bonds is 3. The van der Waals surface area contributed by atoms with Crippen molar-refractivity contribution in [3.05, 3.63) is 35.4 Å². The number of nitrogens with zero attached hydrogens (tertiary/aromatic N) is 2. The number of carbonyl (C=O) groups is 1. The van der Waals surface area contributed by atoms with Gasteiger partial charge in [-0.15, -0.1) is 0 Å². The minimum absolute atomic E-state index is 0.198. The standard InChI is InChI=1S/C17H25N3O/c1-2-19-10-9-15-7-8-16(12-19)20(15)17(21)14-5-3-13(11-18)4-6-14/h3-6,15-16H,2,7-12,18H2,1H3. The van der Waals surface area contributed by atoms with Crippen LogP contribution in [0, 0.1) is 0 Å². The molecule has 0 radical (unpaired) electrons. The summed E-state index contributed by atoms with van der Waals surface area (Å²) < 4.78 is 0. The van der Waals surface area contributed by atoms with Crippen LogP contribution in [0.3, 0.4) is 0 Å². The predicted octanol–water partition coefficient (Wildman–Crippen LogP) is 1.84. The van der Waals surface area contributed by atoms with Gasteiger partial charge in [0.2, 0.25) is 0 Å². The first kappa shape index (κ1) is 14.5. The fourth-order valence-electron chi connectivity index (χ4n) is 3.70. The zero-order chi connectivity index (χ0) is 14.8. The third-order valence-electron chi connectivity index (χ3n) is 4.99. The number of likely N-dealkylation sites (N-methyl/N-ethyl adjacent to an activating group) is 1. The van der Waals surface area contributed by atoms with Crippen molar-refractivity contribution in [2.75, 3.05) is 19.6 Å². The molecule has 2 atom stereocenters. The Morgan fingerprint density at radius 3 is 2.57 bits per heavy atom. The van der Waals surface area contributed by atoms with E-state index in [1.54, 1.807) is 0 Å². The molecule has 2 saturated heterocycles. The van der Waals surface area contributed by atoms with Gasteiger partial charge in [0.1, 0.15) is 0 Å². The van der Waals surface area contributed by atoms with Gasteiger partial charge in [-0.2, -0.15) is 0 Å². The van der Waals surface area contributed by atoms with E-state index in [2.05, 4.69) is 16.7 Å². The summed E-state index contributed by atoms with van der Waals surface area (Å²) in [4.78, 5) is 17.5.